The van der Waals surface area contributed by atoms with Crippen LogP contribution in [0, 0.1) is 35.0 Å². The van der Waals surface area contributed by atoms with Crippen molar-refractivity contribution in [1.29, 1.82) is 5.26 Å². The van der Waals surface area contributed by atoms with Crippen molar-refractivity contribution in [3.8, 4) is 6.07 Å². The molecule has 23 heavy (non-hydrogen) atoms. The Balaban J connectivity index is 1.64. The standard InChI is InChI=1S/C22H35N/c1-2-3-5-8-19-10-14-21(15-11-19)22-16-12-20(13-17-22)9-6-4-7-18-23/h4,6-7,9,19-22H,2-3,5,8,10-17H2,1H3. The van der Waals surface area contributed by atoms with Crippen molar-refractivity contribution >= 4 is 0 Å². The van der Waals surface area contributed by atoms with Gasteiger partial charge in [-0.2, -0.15) is 5.26 Å². The molecule has 0 N–H and O–H groups in total. The molecule has 128 valence electrons. The molecule has 0 saturated heterocycles. The molecule has 0 heterocycles. The van der Waals surface area contributed by atoms with E-state index in [4.69, 9.17) is 5.26 Å². The minimum Gasteiger partial charge on any atom is -0.193 e. The predicted octanol–water partition coefficient (Wildman–Crippen LogP) is 6.82. The van der Waals surface area contributed by atoms with Gasteiger partial charge in [0.15, 0.2) is 0 Å². The number of unbranched alkanes of at least 4 members (excludes halogenated alkanes) is 2. The second-order valence-electron chi connectivity index (χ2n) is 7.82. The van der Waals surface area contributed by atoms with Crippen molar-refractivity contribution in [2.45, 2.75) is 84.0 Å². The Morgan fingerprint density at radius 3 is 2.13 bits per heavy atom. The highest BCUT2D eigenvalue weighted by atomic mass is 14.4. The van der Waals surface area contributed by atoms with Gasteiger partial charge < -0.3 is 0 Å². The van der Waals surface area contributed by atoms with Crippen molar-refractivity contribution in [2.75, 3.05) is 0 Å². The molecule has 2 aliphatic carbocycles. The third kappa shape index (κ3) is 6.54. The normalized spacial score (nSPS) is 32.3. The summed E-state index contributed by atoms with van der Waals surface area (Å²) in [6.45, 7) is 2.31. The van der Waals surface area contributed by atoms with Gasteiger partial charge in [0.1, 0.15) is 0 Å². The molecule has 0 bridgehead atoms. The number of hydrogen-bond acceptors (Lipinski definition) is 1. The molecule has 0 aromatic rings. The Kier molecular flexibility index (Phi) is 8.51. The highest BCUT2D eigenvalue weighted by Gasteiger charge is 2.30. The fourth-order valence-electron chi connectivity index (χ4n) is 4.76. The van der Waals surface area contributed by atoms with Gasteiger partial charge in [-0.15, -0.1) is 0 Å². The lowest BCUT2D eigenvalue weighted by Gasteiger charge is -2.37. The summed E-state index contributed by atoms with van der Waals surface area (Å²) >= 11 is 0. The Labute approximate surface area is 143 Å². The zero-order valence-electron chi connectivity index (χ0n) is 15.1. The largest absolute Gasteiger partial charge is 0.193 e. The average Bonchev–Trinajstić information content (AvgIpc) is 2.60. The van der Waals surface area contributed by atoms with Crippen LogP contribution in [0.1, 0.15) is 84.0 Å². The molecule has 0 aromatic heterocycles. The molecule has 0 radical (unpaired) electrons. The van der Waals surface area contributed by atoms with E-state index in [1.165, 1.54) is 77.0 Å². The lowest BCUT2D eigenvalue weighted by molar-refractivity contribution is 0.151. The molecule has 1 heteroatoms. The van der Waals surface area contributed by atoms with Gasteiger partial charge in [-0.05, 0) is 62.2 Å². The van der Waals surface area contributed by atoms with Crippen LogP contribution >= 0.6 is 0 Å². The molecule has 1 nitrogen and oxygen atoms in total. The monoisotopic (exact) mass is 313 g/mol. The summed E-state index contributed by atoms with van der Waals surface area (Å²) in [5, 5.41) is 8.49. The van der Waals surface area contributed by atoms with E-state index in [1.807, 2.05) is 12.1 Å². The van der Waals surface area contributed by atoms with Gasteiger partial charge in [-0.25, -0.2) is 0 Å². The van der Waals surface area contributed by atoms with Crippen LogP contribution in [0.25, 0.3) is 0 Å². The molecule has 0 unspecified atom stereocenters. The molecule has 0 atom stereocenters. The van der Waals surface area contributed by atoms with Crippen molar-refractivity contribution < 1.29 is 0 Å². The van der Waals surface area contributed by atoms with Crippen molar-refractivity contribution in [1.82, 2.24) is 0 Å². The van der Waals surface area contributed by atoms with Gasteiger partial charge in [0.2, 0.25) is 0 Å². The van der Waals surface area contributed by atoms with Gasteiger partial charge in [0.25, 0.3) is 0 Å². The minimum atomic E-state index is 0.750. The number of allylic oxidation sites excluding steroid dienone is 4. The summed E-state index contributed by atoms with van der Waals surface area (Å²) in [5.74, 6) is 3.83. The summed E-state index contributed by atoms with van der Waals surface area (Å²) in [4.78, 5) is 0. The molecule has 0 aliphatic heterocycles. The van der Waals surface area contributed by atoms with Crippen LogP contribution < -0.4 is 0 Å². The van der Waals surface area contributed by atoms with E-state index in [0.29, 0.717) is 0 Å². The maximum absolute atomic E-state index is 8.49. The summed E-state index contributed by atoms with van der Waals surface area (Å²) in [7, 11) is 0. The van der Waals surface area contributed by atoms with E-state index in [-0.39, 0.29) is 0 Å². The van der Waals surface area contributed by atoms with Crippen LogP contribution in [0.4, 0.5) is 0 Å². The van der Waals surface area contributed by atoms with Crippen LogP contribution in [0.2, 0.25) is 0 Å². The quantitative estimate of drug-likeness (QED) is 0.287. The molecule has 2 saturated carbocycles. The van der Waals surface area contributed by atoms with Crippen LogP contribution in [-0.4, -0.2) is 0 Å². The first-order valence-corrected chi connectivity index (χ1v) is 10.1. The molecule has 0 aromatic carbocycles. The summed E-state index contributed by atoms with van der Waals surface area (Å²) in [5.41, 5.74) is 0. The first-order valence-electron chi connectivity index (χ1n) is 10.1. The lowest BCUT2D eigenvalue weighted by atomic mass is 9.68. The summed E-state index contributed by atoms with van der Waals surface area (Å²) in [6.07, 6.45) is 25.2. The predicted molar refractivity (Wildman–Crippen MR) is 98.9 cm³/mol. The highest BCUT2D eigenvalue weighted by Crippen LogP contribution is 2.42. The average molecular weight is 314 g/mol. The summed E-state index contributed by atoms with van der Waals surface area (Å²) in [6, 6.07) is 2.04. The van der Waals surface area contributed by atoms with Crippen molar-refractivity contribution in [3.05, 3.63) is 24.3 Å². The molecular weight excluding hydrogens is 278 g/mol. The maximum Gasteiger partial charge on any atom is 0.0912 e. The molecule has 0 amide bonds. The van der Waals surface area contributed by atoms with Gasteiger partial charge >= 0.3 is 0 Å². The Morgan fingerprint density at radius 1 is 0.870 bits per heavy atom. The molecule has 2 aliphatic rings. The number of nitrogens with zero attached hydrogens (tertiary/aromatic N) is 1. The number of nitriles is 1. The van der Waals surface area contributed by atoms with E-state index >= 15 is 0 Å². The maximum atomic E-state index is 8.49. The van der Waals surface area contributed by atoms with Crippen LogP contribution in [0.3, 0.4) is 0 Å². The van der Waals surface area contributed by atoms with Gasteiger partial charge in [-0.3, -0.25) is 0 Å². The van der Waals surface area contributed by atoms with E-state index in [0.717, 1.165) is 23.7 Å². The number of rotatable bonds is 7. The van der Waals surface area contributed by atoms with E-state index < -0.39 is 0 Å². The topological polar surface area (TPSA) is 23.8 Å². The summed E-state index contributed by atoms with van der Waals surface area (Å²) < 4.78 is 0. The van der Waals surface area contributed by atoms with Crippen LogP contribution in [-0.2, 0) is 0 Å². The third-order valence-electron chi connectivity index (χ3n) is 6.26. The Morgan fingerprint density at radius 2 is 1.52 bits per heavy atom. The van der Waals surface area contributed by atoms with E-state index in [2.05, 4.69) is 19.1 Å². The minimum absolute atomic E-state index is 0.750. The lowest BCUT2D eigenvalue weighted by Crippen LogP contribution is -2.25. The Bertz CT molecular complexity index is 398. The molecular formula is C22H35N. The molecule has 2 fully saturated rings. The fourth-order valence-corrected chi connectivity index (χ4v) is 4.76. The van der Waals surface area contributed by atoms with E-state index in [9.17, 15) is 0 Å². The second-order valence-corrected chi connectivity index (χ2v) is 7.82. The fraction of sp³-hybridized carbons (Fsp3) is 0.773. The first-order chi connectivity index (χ1) is 11.3. The van der Waals surface area contributed by atoms with Gasteiger partial charge in [0.05, 0.1) is 6.07 Å². The zero-order valence-corrected chi connectivity index (χ0v) is 15.1. The second kappa shape index (κ2) is 10.7. The zero-order chi connectivity index (χ0) is 16.3. The van der Waals surface area contributed by atoms with Gasteiger partial charge in [0, 0.05) is 6.08 Å². The van der Waals surface area contributed by atoms with E-state index in [1.54, 1.807) is 6.08 Å². The smallest absolute Gasteiger partial charge is 0.0912 e. The Hall–Kier alpha value is -1.03. The van der Waals surface area contributed by atoms with Gasteiger partial charge in [-0.1, -0.05) is 63.7 Å². The van der Waals surface area contributed by atoms with Crippen molar-refractivity contribution in [3.63, 3.8) is 0 Å². The first kappa shape index (κ1) is 18.3. The molecule has 0 spiro atoms. The van der Waals surface area contributed by atoms with Crippen LogP contribution in [0.5, 0.6) is 0 Å². The highest BCUT2D eigenvalue weighted by molar-refractivity contribution is 5.12. The SMILES string of the molecule is CCCCCC1CCC(C2CCC(C=CC=CC#N)CC2)CC1. The third-order valence-corrected chi connectivity index (χ3v) is 6.26. The molecule has 2 rings (SSSR count). The van der Waals surface area contributed by atoms with Crippen LogP contribution in [0.15, 0.2) is 24.3 Å². The van der Waals surface area contributed by atoms with Crippen molar-refractivity contribution in [2.24, 2.45) is 23.7 Å². The number of hydrogen-bond donors (Lipinski definition) is 0.